The van der Waals surface area contributed by atoms with E-state index in [1.807, 2.05) is 91.0 Å². The predicted molar refractivity (Wildman–Crippen MR) is 165 cm³/mol. The zero-order valence-corrected chi connectivity index (χ0v) is 22.4. The molecule has 8 rings (SSSR count). The minimum atomic E-state index is -1.13. The van der Waals surface area contributed by atoms with E-state index in [0.717, 1.165) is 44.1 Å². The maximum absolute atomic E-state index is 14.5. The Morgan fingerprint density at radius 2 is 1.29 bits per heavy atom. The number of fused-ring (bicyclic) bond motifs is 4. The third kappa shape index (κ3) is 3.52. The summed E-state index contributed by atoms with van der Waals surface area (Å²) in [7, 11) is 0. The molecule has 0 saturated heterocycles. The van der Waals surface area contributed by atoms with Gasteiger partial charge in [-0.2, -0.15) is 0 Å². The van der Waals surface area contributed by atoms with Crippen LogP contribution in [-0.4, -0.2) is 25.5 Å². The highest BCUT2D eigenvalue weighted by molar-refractivity contribution is 6.18. The van der Waals surface area contributed by atoms with E-state index in [2.05, 4.69) is 38.8 Å². The number of hydrogen-bond acceptors (Lipinski definition) is 4. The summed E-state index contributed by atoms with van der Waals surface area (Å²) in [6.07, 6.45) is 3.99. The van der Waals surface area contributed by atoms with Crippen molar-refractivity contribution < 1.29 is 9.90 Å². The number of rotatable bonds is 4. The summed E-state index contributed by atoms with van der Waals surface area (Å²) in [5, 5.41) is 13.8. The predicted octanol–water partition coefficient (Wildman–Crippen LogP) is 7.56. The molecule has 1 atom stereocenters. The highest BCUT2D eigenvalue weighted by Gasteiger charge is 2.40. The fraction of sp³-hybridized carbons (Fsp3) is 0.0278. The van der Waals surface area contributed by atoms with E-state index in [-0.39, 0.29) is 5.91 Å². The fourth-order valence-electron chi connectivity index (χ4n) is 6.29. The lowest BCUT2D eigenvalue weighted by Gasteiger charge is -2.24. The summed E-state index contributed by atoms with van der Waals surface area (Å²) in [4.78, 5) is 24.5. The maximum atomic E-state index is 14.5. The lowest BCUT2D eigenvalue weighted by Crippen LogP contribution is -2.28. The number of aliphatic hydroxyl groups is 1. The molecule has 0 spiro atoms. The molecule has 3 heterocycles. The molecule has 2 aromatic heterocycles. The van der Waals surface area contributed by atoms with Crippen molar-refractivity contribution in [3.8, 4) is 27.9 Å². The minimum Gasteiger partial charge on any atom is -0.369 e. The van der Waals surface area contributed by atoms with Crippen molar-refractivity contribution in [2.24, 2.45) is 0 Å². The van der Waals surface area contributed by atoms with E-state index in [4.69, 9.17) is 0 Å². The number of aromatic nitrogens is 3. The quantitative estimate of drug-likeness (QED) is 0.248. The molecule has 1 N–H and O–H groups in total. The molecule has 6 heteroatoms. The SMILES string of the molecule is O=C1c2c(cccc2-n2c3ccccc3c3cccc(-c4cncnc4)c32)C(O)N1c1ccccc1-c1ccccc1. The van der Waals surface area contributed by atoms with Crippen LogP contribution in [0.3, 0.4) is 0 Å². The first-order valence-corrected chi connectivity index (χ1v) is 13.8. The lowest BCUT2D eigenvalue weighted by molar-refractivity contribution is 0.0935. The van der Waals surface area contributed by atoms with Crippen LogP contribution >= 0.6 is 0 Å². The Bertz CT molecular complexity index is 2140. The van der Waals surface area contributed by atoms with Crippen molar-refractivity contribution in [2.75, 3.05) is 4.90 Å². The van der Waals surface area contributed by atoms with Crippen LogP contribution in [0.2, 0.25) is 0 Å². The van der Waals surface area contributed by atoms with Gasteiger partial charge in [-0.05, 0) is 23.8 Å². The second-order valence-corrected chi connectivity index (χ2v) is 10.4. The van der Waals surface area contributed by atoms with Gasteiger partial charge in [0.15, 0.2) is 6.23 Å². The Labute approximate surface area is 241 Å². The summed E-state index contributed by atoms with van der Waals surface area (Å²) in [6.45, 7) is 0. The summed E-state index contributed by atoms with van der Waals surface area (Å²) in [5.74, 6) is -0.247. The Balaban J connectivity index is 1.39. The van der Waals surface area contributed by atoms with E-state index in [1.165, 1.54) is 11.2 Å². The highest BCUT2D eigenvalue weighted by Crippen LogP contribution is 2.45. The van der Waals surface area contributed by atoms with Crippen LogP contribution in [-0.2, 0) is 0 Å². The van der Waals surface area contributed by atoms with Gasteiger partial charge in [-0.1, -0.05) is 97.1 Å². The molecule has 1 amide bonds. The number of aliphatic hydroxyl groups excluding tert-OH is 1. The van der Waals surface area contributed by atoms with Crippen LogP contribution in [0.15, 0.2) is 134 Å². The third-order valence-corrected chi connectivity index (χ3v) is 8.09. The first-order chi connectivity index (χ1) is 20.7. The lowest BCUT2D eigenvalue weighted by atomic mass is 10.0. The largest absolute Gasteiger partial charge is 0.369 e. The number of nitrogens with zero attached hydrogens (tertiary/aromatic N) is 4. The third-order valence-electron chi connectivity index (χ3n) is 8.09. The fourth-order valence-corrected chi connectivity index (χ4v) is 6.29. The van der Waals surface area contributed by atoms with E-state index >= 15 is 0 Å². The first-order valence-electron chi connectivity index (χ1n) is 13.8. The Morgan fingerprint density at radius 3 is 2.14 bits per heavy atom. The first kappa shape index (κ1) is 24.2. The molecule has 0 aliphatic carbocycles. The molecule has 42 heavy (non-hydrogen) atoms. The van der Waals surface area contributed by atoms with Crippen LogP contribution < -0.4 is 4.90 Å². The monoisotopic (exact) mass is 544 g/mol. The van der Waals surface area contributed by atoms with Crippen LogP contribution in [0.5, 0.6) is 0 Å². The molecule has 1 aliphatic heterocycles. The van der Waals surface area contributed by atoms with Crippen molar-refractivity contribution in [2.45, 2.75) is 6.23 Å². The smallest absolute Gasteiger partial charge is 0.263 e. The Kier molecular flexibility index (Phi) is 5.48. The number of benzene rings is 5. The van der Waals surface area contributed by atoms with E-state index in [9.17, 15) is 9.90 Å². The maximum Gasteiger partial charge on any atom is 0.263 e. The molecule has 200 valence electrons. The van der Waals surface area contributed by atoms with Gasteiger partial charge >= 0.3 is 0 Å². The Hall–Kier alpha value is -5.59. The van der Waals surface area contributed by atoms with Gasteiger partial charge in [0.05, 0.1) is 28.0 Å². The van der Waals surface area contributed by atoms with Crippen molar-refractivity contribution in [3.63, 3.8) is 0 Å². The molecule has 0 bridgehead atoms. The van der Waals surface area contributed by atoms with Crippen molar-refractivity contribution in [1.29, 1.82) is 0 Å². The highest BCUT2D eigenvalue weighted by atomic mass is 16.3. The molecule has 0 saturated carbocycles. The zero-order valence-electron chi connectivity index (χ0n) is 22.4. The number of carbonyl (C=O) groups excluding carboxylic acids is 1. The molecule has 0 fully saturated rings. The van der Waals surface area contributed by atoms with E-state index < -0.39 is 6.23 Å². The average molecular weight is 545 g/mol. The van der Waals surface area contributed by atoms with Crippen molar-refractivity contribution in [3.05, 3.63) is 145 Å². The van der Waals surface area contributed by atoms with Crippen LogP contribution in [0.1, 0.15) is 22.1 Å². The molecule has 1 unspecified atom stereocenters. The topological polar surface area (TPSA) is 71.2 Å². The number of amides is 1. The van der Waals surface area contributed by atoms with Gasteiger partial charge in [0.25, 0.3) is 5.91 Å². The standard InChI is InChI=1S/C36H24N4O2/c41-35-29-16-9-19-32(33(29)36(42)40(35)30-17-6-4-12-25(30)23-10-2-1-3-11-23)39-31-18-7-5-13-27(31)28-15-8-14-26(34(28)39)24-20-37-22-38-21-24/h1-22,35,41H. The van der Waals surface area contributed by atoms with E-state index in [0.29, 0.717) is 22.5 Å². The van der Waals surface area contributed by atoms with Crippen LogP contribution in [0.4, 0.5) is 5.69 Å². The molecule has 0 radical (unpaired) electrons. The Morgan fingerprint density at radius 1 is 0.619 bits per heavy atom. The molecule has 1 aliphatic rings. The van der Waals surface area contributed by atoms with Gasteiger partial charge < -0.3 is 9.67 Å². The minimum absolute atomic E-state index is 0.247. The molecule has 7 aromatic rings. The summed E-state index contributed by atoms with van der Waals surface area (Å²) >= 11 is 0. The summed E-state index contributed by atoms with van der Waals surface area (Å²) in [6, 6.07) is 37.7. The molecule has 5 aromatic carbocycles. The normalized spacial score (nSPS) is 14.5. The van der Waals surface area contributed by atoms with Crippen LogP contribution in [0, 0.1) is 0 Å². The van der Waals surface area contributed by atoms with Gasteiger partial charge in [-0.25, -0.2) is 9.97 Å². The van der Waals surface area contributed by atoms with Gasteiger partial charge in [0.1, 0.15) is 6.33 Å². The summed E-state index contributed by atoms with van der Waals surface area (Å²) < 4.78 is 2.14. The number of carbonyl (C=O) groups is 1. The average Bonchev–Trinajstić information content (AvgIpc) is 3.53. The van der Waals surface area contributed by atoms with Crippen molar-refractivity contribution in [1.82, 2.24) is 14.5 Å². The molecular weight excluding hydrogens is 520 g/mol. The van der Waals surface area contributed by atoms with Gasteiger partial charge in [-0.15, -0.1) is 0 Å². The van der Waals surface area contributed by atoms with Crippen LogP contribution in [0.25, 0.3) is 49.7 Å². The molecular formula is C36H24N4O2. The zero-order chi connectivity index (χ0) is 28.2. The van der Waals surface area contributed by atoms with Gasteiger partial charge in [0.2, 0.25) is 0 Å². The number of hydrogen-bond donors (Lipinski definition) is 1. The second kappa shape index (κ2) is 9.51. The van der Waals surface area contributed by atoms with E-state index in [1.54, 1.807) is 12.4 Å². The summed E-state index contributed by atoms with van der Waals surface area (Å²) in [5.41, 5.74) is 8.04. The number of anilines is 1. The molecule has 6 nitrogen and oxygen atoms in total. The van der Waals surface area contributed by atoms with Crippen molar-refractivity contribution >= 4 is 33.4 Å². The van der Waals surface area contributed by atoms with Gasteiger partial charge in [0, 0.05) is 45.4 Å². The van der Waals surface area contributed by atoms with Gasteiger partial charge in [-0.3, -0.25) is 9.69 Å². The second-order valence-electron chi connectivity index (χ2n) is 10.4. The number of para-hydroxylation sites is 3.